The van der Waals surface area contributed by atoms with E-state index < -0.39 is 0 Å². The number of nitrogens with one attached hydrogen (secondary N) is 1. The maximum absolute atomic E-state index is 12.4. The molecule has 26 heavy (non-hydrogen) atoms. The third-order valence-corrected chi connectivity index (χ3v) is 4.73. The van der Waals surface area contributed by atoms with Gasteiger partial charge in [0, 0.05) is 17.5 Å². The summed E-state index contributed by atoms with van der Waals surface area (Å²) >= 11 is 1.67. The van der Waals surface area contributed by atoms with Gasteiger partial charge in [0.2, 0.25) is 5.91 Å². The van der Waals surface area contributed by atoms with E-state index in [9.17, 15) is 4.79 Å². The summed E-state index contributed by atoms with van der Waals surface area (Å²) < 4.78 is 7.03. The van der Waals surface area contributed by atoms with Crippen LogP contribution >= 0.6 is 11.3 Å². The topological polar surface area (TPSA) is 59.4 Å². The van der Waals surface area contributed by atoms with E-state index in [-0.39, 0.29) is 5.91 Å². The lowest BCUT2D eigenvalue weighted by Gasteiger charge is -2.17. The average Bonchev–Trinajstić information content (AvgIpc) is 3.28. The molecule has 1 amide bonds. The van der Waals surface area contributed by atoms with Crippen molar-refractivity contribution in [3.05, 3.63) is 64.5 Å². The van der Waals surface area contributed by atoms with Gasteiger partial charge in [-0.1, -0.05) is 18.2 Å². The van der Waals surface area contributed by atoms with Crippen LogP contribution in [0.5, 0.6) is 5.75 Å². The highest BCUT2D eigenvalue weighted by Crippen LogP contribution is 2.15. The fourth-order valence-electron chi connectivity index (χ4n) is 2.68. The van der Waals surface area contributed by atoms with Crippen molar-refractivity contribution in [1.82, 2.24) is 14.7 Å². The number of rotatable bonds is 8. The van der Waals surface area contributed by atoms with Crippen LogP contribution < -0.4 is 10.1 Å². The molecule has 0 aliphatic carbocycles. The van der Waals surface area contributed by atoms with Gasteiger partial charge in [-0.2, -0.15) is 5.10 Å². The molecular formula is C19H22N4O2S. The molecule has 136 valence electrons. The Bertz CT molecular complexity index is 845. The second-order valence-electron chi connectivity index (χ2n) is 6.03. The SMILES string of the molecule is COc1cccc(CN(C)CC(=O)Nc2ccnn2Cc2cccs2)c1. The minimum atomic E-state index is -0.0664. The Morgan fingerprint density at radius 3 is 2.96 bits per heavy atom. The molecule has 0 saturated carbocycles. The van der Waals surface area contributed by atoms with Gasteiger partial charge < -0.3 is 10.1 Å². The standard InChI is InChI=1S/C19H22N4O2S/c1-22(12-15-5-3-6-16(11-15)25-2)14-19(24)21-18-8-9-20-23(18)13-17-7-4-10-26-17/h3-11H,12-14H2,1-2H3,(H,21,24). The van der Waals surface area contributed by atoms with Gasteiger partial charge in [0.1, 0.15) is 11.6 Å². The van der Waals surface area contributed by atoms with E-state index in [1.165, 1.54) is 4.88 Å². The number of amides is 1. The van der Waals surface area contributed by atoms with E-state index in [1.807, 2.05) is 53.7 Å². The Balaban J connectivity index is 1.54. The third kappa shape index (κ3) is 4.93. The summed E-state index contributed by atoms with van der Waals surface area (Å²) in [5, 5.41) is 9.27. The van der Waals surface area contributed by atoms with Gasteiger partial charge in [-0.3, -0.25) is 9.69 Å². The molecule has 2 heterocycles. The maximum Gasteiger partial charge on any atom is 0.239 e. The zero-order chi connectivity index (χ0) is 18.4. The second kappa shape index (κ2) is 8.64. The molecule has 0 unspecified atom stereocenters. The molecular weight excluding hydrogens is 348 g/mol. The van der Waals surface area contributed by atoms with Crippen molar-refractivity contribution in [3.63, 3.8) is 0 Å². The summed E-state index contributed by atoms with van der Waals surface area (Å²) in [5.41, 5.74) is 1.10. The summed E-state index contributed by atoms with van der Waals surface area (Å²) in [5.74, 6) is 1.46. The molecule has 0 fully saturated rings. The minimum absolute atomic E-state index is 0.0664. The number of carbonyl (C=O) groups is 1. The predicted octanol–water partition coefficient (Wildman–Crippen LogP) is 3.07. The van der Waals surface area contributed by atoms with Gasteiger partial charge in [-0.15, -0.1) is 11.3 Å². The van der Waals surface area contributed by atoms with Crippen LogP contribution in [-0.2, 0) is 17.9 Å². The Hall–Kier alpha value is -2.64. The van der Waals surface area contributed by atoms with Crippen LogP contribution in [0.15, 0.2) is 54.0 Å². The van der Waals surface area contributed by atoms with Crippen molar-refractivity contribution in [2.75, 3.05) is 26.0 Å². The summed E-state index contributed by atoms with van der Waals surface area (Å²) in [4.78, 5) is 15.5. The number of likely N-dealkylation sites (N-methyl/N-ethyl adjacent to an activating group) is 1. The lowest BCUT2D eigenvalue weighted by atomic mass is 10.2. The van der Waals surface area contributed by atoms with Crippen LogP contribution in [0.3, 0.4) is 0 Å². The van der Waals surface area contributed by atoms with Crippen LogP contribution in [0.2, 0.25) is 0 Å². The highest BCUT2D eigenvalue weighted by molar-refractivity contribution is 7.09. The van der Waals surface area contributed by atoms with E-state index in [4.69, 9.17) is 4.74 Å². The first-order chi connectivity index (χ1) is 12.6. The van der Waals surface area contributed by atoms with Crippen LogP contribution in [-0.4, -0.2) is 41.3 Å². The molecule has 1 aromatic carbocycles. The Labute approximate surface area is 157 Å². The maximum atomic E-state index is 12.4. The molecule has 0 spiro atoms. The molecule has 7 heteroatoms. The van der Waals surface area contributed by atoms with Crippen LogP contribution in [0.25, 0.3) is 0 Å². The van der Waals surface area contributed by atoms with E-state index in [0.717, 1.165) is 11.3 Å². The first-order valence-electron chi connectivity index (χ1n) is 8.29. The summed E-state index contributed by atoms with van der Waals surface area (Å²) in [7, 11) is 3.57. The monoisotopic (exact) mass is 370 g/mol. The van der Waals surface area contributed by atoms with Crippen molar-refractivity contribution < 1.29 is 9.53 Å². The number of aromatic nitrogens is 2. The number of methoxy groups -OCH3 is 1. The van der Waals surface area contributed by atoms with Crippen molar-refractivity contribution in [3.8, 4) is 5.75 Å². The molecule has 0 radical (unpaired) electrons. The first-order valence-corrected chi connectivity index (χ1v) is 9.17. The molecule has 3 aromatic rings. The largest absolute Gasteiger partial charge is 0.497 e. The average molecular weight is 370 g/mol. The third-order valence-electron chi connectivity index (χ3n) is 3.87. The van der Waals surface area contributed by atoms with E-state index >= 15 is 0 Å². The highest BCUT2D eigenvalue weighted by Gasteiger charge is 2.11. The number of ether oxygens (including phenoxy) is 1. The van der Waals surface area contributed by atoms with E-state index in [0.29, 0.717) is 25.5 Å². The predicted molar refractivity (Wildman–Crippen MR) is 104 cm³/mol. The second-order valence-corrected chi connectivity index (χ2v) is 7.06. The van der Waals surface area contributed by atoms with Crippen LogP contribution in [0.4, 0.5) is 5.82 Å². The van der Waals surface area contributed by atoms with Gasteiger partial charge >= 0.3 is 0 Å². The van der Waals surface area contributed by atoms with Gasteiger partial charge in [0.05, 0.1) is 26.4 Å². The molecule has 0 bridgehead atoms. The fraction of sp³-hybridized carbons (Fsp3) is 0.263. The lowest BCUT2D eigenvalue weighted by molar-refractivity contribution is -0.117. The summed E-state index contributed by atoms with van der Waals surface area (Å²) in [6.07, 6.45) is 1.70. The zero-order valence-electron chi connectivity index (χ0n) is 14.9. The Morgan fingerprint density at radius 1 is 1.31 bits per heavy atom. The van der Waals surface area contributed by atoms with Gasteiger partial charge in [-0.25, -0.2) is 4.68 Å². The Morgan fingerprint density at radius 2 is 2.19 bits per heavy atom. The minimum Gasteiger partial charge on any atom is -0.497 e. The van der Waals surface area contributed by atoms with Crippen molar-refractivity contribution in [2.45, 2.75) is 13.1 Å². The van der Waals surface area contributed by atoms with Crippen molar-refractivity contribution >= 4 is 23.1 Å². The quantitative estimate of drug-likeness (QED) is 0.662. The normalized spacial score (nSPS) is 10.9. The number of hydrogen-bond donors (Lipinski definition) is 1. The molecule has 0 atom stereocenters. The number of anilines is 1. The van der Waals surface area contributed by atoms with Crippen molar-refractivity contribution in [1.29, 1.82) is 0 Å². The summed E-state index contributed by atoms with van der Waals surface area (Å²) in [6, 6.07) is 13.7. The van der Waals surface area contributed by atoms with Crippen molar-refractivity contribution in [2.24, 2.45) is 0 Å². The molecule has 0 aliphatic rings. The molecule has 0 aliphatic heterocycles. The van der Waals surface area contributed by atoms with E-state index in [1.54, 1.807) is 29.3 Å². The Kier molecular flexibility index (Phi) is 6.04. The zero-order valence-corrected chi connectivity index (χ0v) is 15.7. The molecule has 0 saturated heterocycles. The smallest absolute Gasteiger partial charge is 0.239 e. The fourth-order valence-corrected chi connectivity index (χ4v) is 3.37. The number of carbonyl (C=O) groups excluding carboxylic acids is 1. The highest BCUT2D eigenvalue weighted by atomic mass is 32.1. The van der Waals surface area contributed by atoms with Gasteiger partial charge in [0.25, 0.3) is 0 Å². The lowest BCUT2D eigenvalue weighted by Crippen LogP contribution is -2.30. The summed E-state index contributed by atoms with van der Waals surface area (Å²) in [6.45, 7) is 1.61. The van der Waals surface area contributed by atoms with E-state index in [2.05, 4.69) is 16.5 Å². The molecule has 2 aromatic heterocycles. The van der Waals surface area contributed by atoms with Gasteiger partial charge in [0.15, 0.2) is 0 Å². The molecule has 1 N–H and O–H groups in total. The molecule has 3 rings (SSSR count). The number of benzene rings is 1. The van der Waals surface area contributed by atoms with Crippen LogP contribution in [0.1, 0.15) is 10.4 Å². The number of nitrogens with zero attached hydrogens (tertiary/aromatic N) is 3. The first kappa shape index (κ1) is 18.2. The van der Waals surface area contributed by atoms with Crippen LogP contribution in [0, 0.1) is 0 Å². The van der Waals surface area contributed by atoms with Gasteiger partial charge in [-0.05, 0) is 36.2 Å². The molecule has 6 nitrogen and oxygen atoms in total. The number of thiophene rings is 1. The number of hydrogen-bond acceptors (Lipinski definition) is 5.